The fourth-order valence-corrected chi connectivity index (χ4v) is 1.86. The second-order valence-corrected chi connectivity index (χ2v) is 4.85. The molecule has 0 atom stereocenters. The van der Waals surface area contributed by atoms with Crippen molar-refractivity contribution in [2.75, 3.05) is 34.3 Å². The normalized spacial score (nSPS) is 11.9. The Morgan fingerprint density at radius 1 is 1.45 bits per heavy atom. The van der Waals surface area contributed by atoms with Gasteiger partial charge < -0.3 is 25.9 Å². The molecule has 0 aromatic heterocycles. The molecule has 0 aliphatic heterocycles. The Balaban J connectivity index is 2.56. The maximum absolute atomic E-state index is 8.71. The smallest absolute Gasteiger partial charge is 0.173 e. The summed E-state index contributed by atoms with van der Waals surface area (Å²) in [6.07, 6.45) is 1.10. The molecule has 0 fully saturated rings. The lowest BCUT2D eigenvalue weighted by atomic mass is 10.1. The zero-order valence-corrected chi connectivity index (χ0v) is 12.4. The van der Waals surface area contributed by atoms with Gasteiger partial charge in [-0.25, -0.2) is 0 Å². The van der Waals surface area contributed by atoms with Crippen LogP contribution in [0.5, 0.6) is 5.75 Å². The monoisotopic (exact) mass is 280 g/mol. The van der Waals surface area contributed by atoms with Crippen LogP contribution in [0.25, 0.3) is 0 Å². The number of amidine groups is 1. The predicted molar refractivity (Wildman–Crippen MR) is 80.4 cm³/mol. The fraction of sp³-hybridized carbons (Fsp3) is 0.500. The molecule has 0 aliphatic rings. The molecule has 4 N–H and O–H groups in total. The number of nitrogens with two attached hydrogens (primary N) is 1. The van der Waals surface area contributed by atoms with Gasteiger partial charge in [0.2, 0.25) is 0 Å². The zero-order valence-electron chi connectivity index (χ0n) is 12.4. The first-order valence-electron chi connectivity index (χ1n) is 6.58. The third-order valence-electron chi connectivity index (χ3n) is 2.94. The van der Waals surface area contributed by atoms with Crippen molar-refractivity contribution in [3.8, 4) is 5.75 Å². The first-order chi connectivity index (χ1) is 9.58. The van der Waals surface area contributed by atoms with Gasteiger partial charge in [0.15, 0.2) is 5.84 Å². The molecular weight excluding hydrogens is 256 g/mol. The summed E-state index contributed by atoms with van der Waals surface area (Å²) in [6, 6.07) is 5.63. The average molecular weight is 280 g/mol. The molecule has 1 aromatic rings. The summed E-state index contributed by atoms with van der Waals surface area (Å²) in [4.78, 5) is 2.16. The van der Waals surface area contributed by atoms with Crippen molar-refractivity contribution >= 4 is 5.84 Å². The molecule has 0 aliphatic carbocycles. The lowest BCUT2D eigenvalue weighted by Crippen LogP contribution is -2.21. The number of hydrogen-bond donors (Lipinski definition) is 3. The lowest BCUT2D eigenvalue weighted by Gasteiger charge is -2.12. The van der Waals surface area contributed by atoms with Crippen molar-refractivity contribution in [3.05, 3.63) is 29.3 Å². The third-order valence-corrected chi connectivity index (χ3v) is 2.94. The number of nitrogens with zero attached hydrogens (tertiary/aromatic N) is 2. The Hall–Kier alpha value is -1.79. The van der Waals surface area contributed by atoms with E-state index in [0.717, 1.165) is 31.6 Å². The maximum Gasteiger partial charge on any atom is 0.173 e. The minimum Gasteiger partial charge on any atom is -0.496 e. The third kappa shape index (κ3) is 5.07. The minimum atomic E-state index is 0.0485. The highest BCUT2D eigenvalue weighted by Crippen LogP contribution is 2.20. The van der Waals surface area contributed by atoms with Crippen molar-refractivity contribution in [1.29, 1.82) is 0 Å². The maximum atomic E-state index is 8.71. The predicted octanol–water partition coefficient (Wildman–Crippen LogP) is 0.831. The molecule has 0 saturated heterocycles. The first kappa shape index (κ1) is 16.3. The summed E-state index contributed by atoms with van der Waals surface area (Å²) >= 11 is 0. The van der Waals surface area contributed by atoms with Gasteiger partial charge in [0.05, 0.1) is 12.7 Å². The van der Waals surface area contributed by atoms with E-state index in [1.54, 1.807) is 13.2 Å². The van der Waals surface area contributed by atoms with E-state index in [-0.39, 0.29) is 5.84 Å². The quantitative estimate of drug-likeness (QED) is 0.216. The Morgan fingerprint density at radius 3 is 2.80 bits per heavy atom. The number of benzene rings is 1. The molecule has 1 rings (SSSR count). The average Bonchev–Trinajstić information content (AvgIpc) is 2.45. The van der Waals surface area contributed by atoms with E-state index >= 15 is 0 Å². The van der Waals surface area contributed by atoms with Crippen LogP contribution in [0.1, 0.15) is 17.5 Å². The molecule has 0 unspecified atom stereocenters. The van der Waals surface area contributed by atoms with Gasteiger partial charge >= 0.3 is 0 Å². The lowest BCUT2D eigenvalue weighted by molar-refractivity contribution is 0.318. The summed E-state index contributed by atoms with van der Waals surface area (Å²) in [7, 11) is 5.70. The van der Waals surface area contributed by atoms with E-state index in [4.69, 9.17) is 15.7 Å². The number of oxime groups is 1. The van der Waals surface area contributed by atoms with Crippen LogP contribution >= 0.6 is 0 Å². The van der Waals surface area contributed by atoms with Crippen LogP contribution in [-0.2, 0) is 6.54 Å². The molecule has 112 valence electrons. The number of rotatable bonds is 8. The molecule has 20 heavy (non-hydrogen) atoms. The van der Waals surface area contributed by atoms with Gasteiger partial charge in [0.25, 0.3) is 0 Å². The van der Waals surface area contributed by atoms with Gasteiger partial charge in [-0.3, -0.25) is 0 Å². The summed E-state index contributed by atoms with van der Waals surface area (Å²) in [5, 5.41) is 15.1. The highest BCUT2D eigenvalue weighted by atomic mass is 16.5. The van der Waals surface area contributed by atoms with Crippen molar-refractivity contribution in [3.63, 3.8) is 0 Å². The van der Waals surface area contributed by atoms with Gasteiger partial charge in [-0.15, -0.1) is 0 Å². The fourth-order valence-electron chi connectivity index (χ4n) is 1.86. The number of hydrogen-bond acceptors (Lipinski definition) is 5. The van der Waals surface area contributed by atoms with Crippen LogP contribution in [0, 0.1) is 0 Å². The summed E-state index contributed by atoms with van der Waals surface area (Å²) in [5.41, 5.74) is 7.28. The summed E-state index contributed by atoms with van der Waals surface area (Å²) in [6.45, 7) is 2.79. The highest BCUT2D eigenvalue weighted by molar-refractivity contribution is 5.99. The van der Waals surface area contributed by atoms with Gasteiger partial charge in [0.1, 0.15) is 5.75 Å². The second kappa shape index (κ2) is 8.39. The van der Waals surface area contributed by atoms with Crippen LogP contribution in [0.15, 0.2) is 23.4 Å². The van der Waals surface area contributed by atoms with Crippen molar-refractivity contribution in [2.45, 2.75) is 13.0 Å². The van der Waals surface area contributed by atoms with E-state index in [0.29, 0.717) is 11.3 Å². The molecule has 0 heterocycles. The van der Waals surface area contributed by atoms with Gasteiger partial charge in [-0.1, -0.05) is 11.2 Å². The van der Waals surface area contributed by atoms with Crippen LogP contribution in [0.3, 0.4) is 0 Å². The van der Waals surface area contributed by atoms with Crippen LogP contribution in [-0.4, -0.2) is 50.2 Å². The Bertz CT molecular complexity index is 447. The van der Waals surface area contributed by atoms with Crippen LogP contribution in [0.4, 0.5) is 0 Å². The second-order valence-electron chi connectivity index (χ2n) is 4.85. The van der Waals surface area contributed by atoms with Gasteiger partial charge in [0, 0.05) is 6.54 Å². The topological polar surface area (TPSA) is 83.1 Å². The Morgan fingerprint density at radius 2 is 2.20 bits per heavy atom. The number of nitrogens with one attached hydrogen (secondary N) is 1. The summed E-state index contributed by atoms with van der Waals surface area (Å²) < 4.78 is 5.26. The first-order valence-corrected chi connectivity index (χ1v) is 6.58. The molecule has 0 amide bonds. The van der Waals surface area contributed by atoms with Crippen LogP contribution < -0.4 is 15.8 Å². The molecule has 0 spiro atoms. The van der Waals surface area contributed by atoms with Crippen LogP contribution in [0.2, 0.25) is 0 Å². The number of ether oxygens (including phenoxy) is 1. The zero-order chi connectivity index (χ0) is 15.0. The summed E-state index contributed by atoms with van der Waals surface area (Å²) in [5.74, 6) is 0.653. The SMILES string of the molecule is COc1cc(CNCCCN(C)C)ccc1/C(N)=N/O. The molecule has 0 radical (unpaired) electrons. The Kier molecular flexibility index (Phi) is 6.83. The molecule has 0 bridgehead atoms. The standard InChI is InChI=1S/C14H24N4O2/c1-18(2)8-4-7-16-10-11-5-6-12(14(15)17-19)13(9-11)20-3/h5-6,9,16,19H,4,7-8,10H2,1-3H3,(H2,15,17). The molecular formula is C14H24N4O2. The van der Waals surface area contributed by atoms with Crippen molar-refractivity contribution in [2.24, 2.45) is 10.9 Å². The molecule has 0 saturated carbocycles. The van der Waals surface area contributed by atoms with E-state index < -0.39 is 0 Å². The molecule has 6 nitrogen and oxygen atoms in total. The molecule has 1 aromatic carbocycles. The minimum absolute atomic E-state index is 0.0485. The number of methoxy groups -OCH3 is 1. The van der Waals surface area contributed by atoms with Crippen molar-refractivity contribution in [1.82, 2.24) is 10.2 Å². The van der Waals surface area contributed by atoms with E-state index in [2.05, 4.69) is 29.5 Å². The van der Waals surface area contributed by atoms with Gasteiger partial charge in [-0.05, 0) is 51.3 Å². The van der Waals surface area contributed by atoms with Gasteiger partial charge in [-0.2, -0.15) is 0 Å². The molecule has 6 heteroatoms. The largest absolute Gasteiger partial charge is 0.496 e. The Labute approximate surface area is 120 Å². The van der Waals surface area contributed by atoms with E-state index in [1.807, 2.05) is 12.1 Å². The van der Waals surface area contributed by atoms with E-state index in [9.17, 15) is 0 Å². The van der Waals surface area contributed by atoms with E-state index in [1.165, 1.54) is 0 Å². The van der Waals surface area contributed by atoms with Crippen molar-refractivity contribution < 1.29 is 9.94 Å². The highest BCUT2D eigenvalue weighted by Gasteiger charge is 2.08.